The zero-order chi connectivity index (χ0) is 15.2. The average Bonchev–Trinajstić information content (AvgIpc) is 2.53. The number of amides is 1. The SMILES string of the molecule is CCCNc1ccc(C)cc1C(=O)N1CCOC(C#N)C1. The van der Waals surface area contributed by atoms with Crippen LogP contribution in [0.3, 0.4) is 0 Å². The molecule has 0 spiro atoms. The van der Waals surface area contributed by atoms with E-state index < -0.39 is 6.10 Å². The molecule has 0 bridgehead atoms. The molecule has 21 heavy (non-hydrogen) atoms. The highest BCUT2D eigenvalue weighted by Gasteiger charge is 2.26. The summed E-state index contributed by atoms with van der Waals surface area (Å²) in [7, 11) is 0. The second-order valence-corrected chi connectivity index (χ2v) is 5.22. The molecule has 1 aliphatic heterocycles. The van der Waals surface area contributed by atoms with Crippen LogP contribution < -0.4 is 5.32 Å². The summed E-state index contributed by atoms with van der Waals surface area (Å²) < 4.78 is 5.29. The zero-order valence-electron chi connectivity index (χ0n) is 12.6. The second kappa shape index (κ2) is 7.09. The van der Waals surface area contributed by atoms with Crippen molar-refractivity contribution in [1.82, 2.24) is 4.90 Å². The number of carbonyl (C=O) groups excluding carboxylic acids is 1. The lowest BCUT2D eigenvalue weighted by molar-refractivity contribution is 0.00351. The van der Waals surface area contributed by atoms with Crippen molar-refractivity contribution in [3.05, 3.63) is 29.3 Å². The van der Waals surface area contributed by atoms with E-state index in [1.807, 2.05) is 25.1 Å². The fourth-order valence-electron chi connectivity index (χ4n) is 2.33. The Morgan fingerprint density at radius 2 is 2.38 bits per heavy atom. The second-order valence-electron chi connectivity index (χ2n) is 5.22. The Kier molecular flexibility index (Phi) is 5.18. The lowest BCUT2D eigenvalue weighted by Gasteiger charge is -2.30. The van der Waals surface area contributed by atoms with Gasteiger partial charge in [0, 0.05) is 18.8 Å². The average molecular weight is 287 g/mol. The lowest BCUT2D eigenvalue weighted by Crippen LogP contribution is -2.45. The highest BCUT2D eigenvalue weighted by Crippen LogP contribution is 2.21. The third kappa shape index (κ3) is 3.73. The molecule has 0 saturated carbocycles. The van der Waals surface area contributed by atoms with Crippen LogP contribution in [0.5, 0.6) is 0 Å². The van der Waals surface area contributed by atoms with E-state index in [4.69, 9.17) is 10.00 Å². The molecule has 112 valence electrons. The summed E-state index contributed by atoms with van der Waals surface area (Å²) in [4.78, 5) is 14.4. The van der Waals surface area contributed by atoms with E-state index in [1.54, 1.807) is 4.90 Å². The first-order valence-electron chi connectivity index (χ1n) is 7.30. The van der Waals surface area contributed by atoms with Gasteiger partial charge in [-0.2, -0.15) is 5.26 Å². The van der Waals surface area contributed by atoms with Gasteiger partial charge in [0.25, 0.3) is 5.91 Å². The van der Waals surface area contributed by atoms with Crippen molar-refractivity contribution in [2.45, 2.75) is 26.4 Å². The van der Waals surface area contributed by atoms with Crippen molar-refractivity contribution >= 4 is 11.6 Å². The smallest absolute Gasteiger partial charge is 0.256 e. The predicted molar refractivity (Wildman–Crippen MR) is 81.2 cm³/mol. The maximum atomic E-state index is 12.7. The Morgan fingerprint density at radius 1 is 1.57 bits per heavy atom. The summed E-state index contributed by atoms with van der Waals surface area (Å²) in [5, 5.41) is 12.2. The topological polar surface area (TPSA) is 65.4 Å². The van der Waals surface area contributed by atoms with Gasteiger partial charge in [-0.25, -0.2) is 0 Å². The minimum Gasteiger partial charge on any atom is -0.384 e. The highest BCUT2D eigenvalue weighted by atomic mass is 16.5. The van der Waals surface area contributed by atoms with Crippen molar-refractivity contribution in [2.75, 3.05) is 31.6 Å². The van der Waals surface area contributed by atoms with Gasteiger partial charge in [0.15, 0.2) is 6.10 Å². The molecule has 1 unspecified atom stereocenters. The van der Waals surface area contributed by atoms with Crippen molar-refractivity contribution in [3.63, 3.8) is 0 Å². The first-order valence-corrected chi connectivity index (χ1v) is 7.30. The predicted octanol–water partition coefficient (Wildman–Crippen LogP) is 2.18. The van der Waals surface area contributed by atoms with Crippen molar-refractivity contribution in [2.24, 2.45) is 0 Å². The highest BCUT2D eigenvalue weighted by molar-refractivity contribution is 6.00. The molecule has 0 radical (unpaired) electrons. The molecule has 1 saturated heterocycles. The zero-order valence-corrected chi connectivity index (χ0v) is 12.6. The van der Waals surface area contributed by atoms with Crippen molar-refractivity contribution < 1.29 is 9.53 Å². The molecule has 1 aromatic carbocycles. The molecule has 1 aliphatic rings. The number of nitrogens with zero attached hydrogens (tertiary/aromatic N) is 2. The molecular weight excluding hydrogens is 266 g/mol. The normalized spacial score (nSPS) is 18.1. The number of nitriles is 1. The van der Waals surface area contributed by atoms with Crippen LogP contribution in [-0.4, -0.2) is 43.2 Å². The molecule has 5 heteroatoms. The van der Waals surface area contributed by atoms with Crippen LogP contribution in [0.25, 0.3) is 0 Å². The van der Waals surface area contributed by atoms with Crippen LogP contribution in [0.2, 0.25) is 0 Å². The number of ether oxygens (including phenoxy) is 1. The summed E-state index contributed by atoms with van der Waals surface area (Å²) in [6.45, 7) is 6.15. The van der Waals surface area contributed by atoms with E-state index in [0.717, 1.165) is 24.2 Å². The Balaban J connectivity index is 2.21. The van der Waals surface area contributed by atoms with Gasteiger partial charge >= 0.3 is 0 Å². The fourth-order valence-corrected chi connectivity index (χ4v) is 2.33. The quantitative estimate of drug-likeness (QED) is 0.922. The third-order valence-electron chi connectivity index (χ3n) is 3.47. The van der Waals surface area contributed by atoms with Gasteiger partial charge in [0.05, 0.1) is 24.8 Å². The van der Waals surface area contributed by atoms with Crippen LogP contribution in [0.4, 0.5) is 5.69 Å². The standard InChI is InChI=1S/C16H21N3O2/c1-3-6-18-15-5-4-12(2)9-14(15)16(20)19-7-8-21-13(10-17)11-19/h4-5,9,13,18H,3,6-8,11H2,1-2H3. The number of hydrogen-bond donors (Lipinski definition) is 1. The van der Waals surface area contributed by atoms with Gasteiger partial charge in [-0.3, -0.25) is 4.79 Å². The fraction of sp³-hybridized carbons (Fsp3) is 0.500. The number of anilines is 1. The van der Waals surface area contributed by atoms with E-state index in [9.17, 15) is 4.79 Å². The summed E-state index contributed by atoms with van der Waals surface area (Å²) in [6.07, 6.45) is 0.467. The minimum atomic E-state index is -0.528. The molecule has 1 fully saturated rings. The van der Waals surface area contributed by atoms with Gasteiger partial charge < -0.3 is 15.0 Å². The molecule has 1 amide bonds. The van der Waals surface area contributed by atoms with Gasteiger partial charge in [-0.15, -0.1) is 0 Å². The minimum absolute atomic E-state index is 0.0409. The Labute approximate surface area is 125 Å². The van der Waals surface area contributed by atoms with Gasteiger partial charge in [-0.1, -0.05) is 18.6 Å². The van der Waals surface area contributed by atoms with Crippen LogP contribution >= 0.6 is 0 Å². The molecule has 1 heterocycles. The summed E-state index contributed by atoms with van der Waals surface area (Å²) in [6, 6.07) is 7.91. The maximum Gasteiger partial charge on any atom is 0.256 e. The number of benzene rings is 1. The maximum absolute atomic E-state index is 12.7. The molecule has 0 aromatic heterocycles. The van der Waals surface area contributed by atoms with Gasteiger partial charge in [0.1, 0.15) is 0 Å². The molecule has 2 rings (SSSR count). The monoisotopic (exact) mass is 287 g/mol. The van der Waals surface area contributed by atoms with E-state index in [0.29, 0.717) is 25.3 Å². The number of aryl methyl sites for hydroxylation is 1. The molecule has 5 nitrogen and oxygen atoms in total. The van der Waals surface area contributed by atoms with E-state index in [1.165, 1.54) is 0 Å². The Hall–Kier alpha value is -2.06. The third-order valence-corrected chi connectivity index (χ3v) is 3.47. The molecular formula is C16H21N3O2. The molecule has 1 atom stereocenters. The van der Waals surface area contributed by atoms with Crippen LogP contribution in [0.1, 0.15) is 29.3 Å². The lowest BCUT2D eigenvalue weighted by atomic mass is 10.1. The van der Waals surface area contributed by atoms with E-state index >= 15 is 0 Å². The number of morpholine rings is 1. The van der Waals surface area contributed by atoms with E-state index in [2.05, 4.69) is 18.3 Å². The summed E-state index contributed by atoms with van der Waals surface area (Å²) in [5.41, 5.74) is 2.57. The summed E-state index contributed by atoms with van der Waals surface area (Å²) >= 11 is 0. The number of hydrogen-bond acceptors (Lipinski definition) is 4. The van der Waals surface area contributed by atoms with Gasteiger partial charge in [-0.05, 0) is 25.5 Å². The first kappa shape index (κ1) is 15.3. The largest absolute Gasteiger partial charge is 0.384 e. The molecule has 0 aliphatic carbocycles. The van der Waals surface area contributed by atoms with E-state index in [-0.39, 0.29) is 5.91 Å². The Morgan fingerprint density at radius 3 is 3.10 bits per heavy atom. The van der Waals surface area contributed by atoms with Crippen molar-refractivity contribution in [3.8, 4) is 6.07 Å². The number of nitrogens with one attached hydrogen (secondary N) is 1. The van der Waals surface area contributed by atoms with Crippen molar-refractivity contribution in [1.29, 1.82) is 5.26 Å². The Bertz CT molecular complexity index is 551. The first-order chi connectivity index (χ1) is 10.2. The number of rotatable bonds is 4. The summed E-state index contributed by atoms with van der Waals surface area (Å²) in [5.74, 6) is -0.0409. The molecule has 1 N–H and O–H groups in total. The van der Waals surface area contributed by atoms with Crippen LogP contribution in [0.15, 0.2) is 18.2 Å². The van der Waals surface area contributed by atoms with Crippen LogP contribution in [0, 0.1) is 18.3 Å². The van der Waals surface area contributed by atoms with Crippen LogP contribution in [-0.2, 0) is 4.74 Å². The number of carbonyl (C=O) groups is 1. The van der Waals surface area contributed by atoms with Gasteiger partial charge in [0.2, 0.25) is 0 Å². The molecule has 1 aromatic rings.